The van der Waals surface area contributed by atoms with Gasteiger partial charge in [0, 0.05) is 31.1 Å². The van der Waals surface area contributed by atoms with Crippen LogP contribution in [-0.2, 0) is 4.79 Å². The van der Waals surface area contributed by atoms with Gasteiger partial charge in [-0.25, -0.2) is 0 Å². The highest BCUT2D eigenvalue weighted by atomic mass is 16.2. The van der Waals surface area contributed by atoms with Crippen LogP contribution in [0.15, 0.2) is 0 Å². The lowest BCUT2D eigenvalue weighted by Crippen LogP contribution is -2.62. The molecule has 1 aliphatic heterocycles. The molecule has 1 unspecified atom stereocenters. The molecule has 15 heavy (non-hydrogen) atoms. The molecule has 1 rings (SSSR count). The zero-order valence-electron chi connectivity index (χ0n) is 10.6. The summed E-state index contributed by atoms with van der Waals surface area (Å²) in [6.07, 6.45) is 0.667. The maximum atomic E-state index is 12.0. The van der Waals surface area contributed by atoms with Crippen LogP contribution in [0.5, 0.6) is 0 Å². The second-order valence-electron chi connectivity index (χ2n) is 5.73. The monoisotopic (exact) mass is 212 g/mol. The molecule has 1 fully saturated rings. The number of carbonyl (C=O) groups is 1. The normalized spacial score (nSPS) is 25.7. The van der Waals surface area contributed by atoms with Gasteiger partial charge in [0.1, 0.15) is 0 Å². The fourth-order valence-corrected chi connectivity index (χ4v) is 1.97. The van der Waals surface area contributed by atoms with E-state index in [2.05, 4.69) is 39.9 Å². The molecule has 3 heteroatoms. The van der Waals surface area contributed by atoms with E-state index < -0.39 is 0 Å². The van der Waals surface area contributed by atoms with E-state index in [1.807, 2.05) is 4.90 Å². The minimum Gasteiger partial charge on any atom is -0.337 e. The Balaban J connectivity index is 2.62. The maximum Gasteiger partial charge on any atom is 0.223 e. The van der Waals surface area contributed by atoms with Gasteiger partial charge in [0.2, 0.25) is 5.91 Å². The minimum atomic E-state index is 0.0547. The van der Waals surface area contributed by atoms with E-state index in [-0.39, 0.29) is 5.54 Å². The number of hydrogen-bond acceptors (Lipinski definition) is 2. The van der Waals surface area contributed by atoms with Crippen molar-refractivity contribution in [3.63, 3.8) is 0 Å². The van der Waals surface area contributed by atoms with Crippen molar-refractivity contribution in [3.8, 4) is 0 Å². The zero-order chi connectivity index (χ0) is 11.6. The summed E-state index contributed by atoms with van der Waals surface area (Å²) < 4.78 is 0. The minimum absolute atomic E-state index is 0.0547. The largest absolute Gasteiger partial charge is 0.337 e. The number of nitrogens with one attached hydrogen (secondary N) is 1. The van der Waals surface area contributed by atoms with Gasteiger partial charge >= 0.3 is 0 Å². The molecule has 0 spiro atoms. The first-order chi connectivity index (χ1) is 6.82. The van der Waals surface area contributed by atoms with Crippen LogP contribution in [0.4, 0.5) is 0 Å². The Morgan fingerprint density at radius 2 is 2.13 bits per heavy atom. The summed E-state index contributed by atoms with van der Waals surface area (Å²) in [5, 5.41) is 3.45. The first-order valence-electron chi connectivity index (χ1n) is 5.86. The number of hydrogen-bond donors (Lipinski definition) is 1. The lowest BCUT2D eigenvalue weighted by atomic mass is 9.98. The quantitative estimate of drug-likeness (QED) is 0.754. The highest BCUT2D eigenvalue weighted by Crippen LogP contribution is 2.17. The van der Waals surface area contributed by atoms with E-state index in [0.29, 0.717) is 24.3 Å². The summed E-state index contributed by atoms with van der Waals surface area (Å²) in [5.41, 5.74) is 0.0547. The van der Waals surface area contributed by atoms with Gasteiger partial charge in [0.15, 0.2) is 0 Å². The zero-order valence-corrected chi connectivity index (χ0v) is 10.6. The Bertz CT molecular complexity index is 236. The highest BCUT2D eigenvalue weighted by Gasteiger charge is 2.32. The average molecular weight is 212 g/mol. The highest BCUT2D eigenvalue weighted by molar-refractivity contribution is 5.77. The molecule has 0 aromatic heterocycles. The Labute approximate surface area is 93.2 Å². The summed E-state index contributed by atoms with van der Waals surface area (Å²) in [7, 11) is 0. The molecular formula is C12H24N2O. The van der Waals surface area contributed by atoms with Crippen LogP contribution in [0.25, 0.3) is 0 Å². The molecule has 0 aromatic carbocycles. The van der Waals surface area contributed by atoms with E-state index in [1.54, 1.807) is 0 Å². The van der Waals surface area contributed by atoms with Crippen LogP contribution >= 0.6 is 0 Å². The molecule has 0 bridgehead atoms. The fraction of sp³-hybridized carbons (Fsp3) is 0.917. The molecule has 0 saturated carbocycles. The van der Waals surface area contributed by atoms with E-state index in [4.69, 9.17) is 0 Å². The number of carbonyl (C=O) groups excluding carboxylic acids is 1. The first-order valence-corrected chi connectivity index (χ1v) is 5.86. The Kier molecular flexibility index (Phi) is 3.77. The number of amides is 1. The number of nitrogens with zero attached hydrogens (tertiary/aromatic N) is 1. The van der Waals surface area contributed by atoms with Gasteiger partial charge < -0.3 is 10.2 Å². The summed E-state index contributed by atoms with van der Waals surface area (Å²) in [4.78, 5) is 14.0. The van der Waals surface area contributed by atoms with Crippen molar-refractivity contribution < 1.29 is 4.79 Å². The summed E-state index contributed by atoms with van der Waals surface area (Å²) in [5.74, 6) is 0.745. The van der Waals surface area contributed by atoms with Crippen LogP contribution in [0.3, 0.4) is 0 Å². The number of rotatable bonds is 2. The smallest absolute Gasteiger partial charge is 0.223 e. The number of piperazine rings is 1. The predicted molar refractivity (Wildman–Crippen MR) is 62.7 cm³/mol. The van der Waals surface area contributed by atoms with E-state index >= 15 is 0 Å². The first kappa shape index (κ1) is 12.5. The summed E-state index contributed by atoms with van der Waals surface area (Å²) in [6.45, 7) is 12.3. The molecule has 1 amide bonds. The molecule has 1 N–H and O–H groups in total. The third-order valence-electron chi connectivity index (χ3n) is 2.88. The Morgan fingerprint density at radius 1 is 1.53 bits per heavy atom. The van der Waals surface area contributed by atoms with Crippen LogP contribution in [0, 0.1) is 5.92 Å². The van der Waals surface area contributed by atoms with Crippen LogP contribution in [0.1, 0.15) is 41.0 Å². The second kappa shape index (κ2) is 4.52. The van der Waals surface area contributed by atoms with Crippen molar-refractivity contribution in [1.29, 1.82) is 0 Å². The van der Waals surface area contributed by atoms with Gasteiger partial charge in [-0.2, -0.15) is 0 Å². The van der Waals surface area contributed by atoms with Crippen LogP contribution in [0.2, 0.25) is 0 Å². The molecule has 0 aromatic rings. The maximum absolute atomic E-state index is 12.0. The molecule has 88 valence electrons. The van der Waals surface area contributed by atoms with Crippen molar-refractivity contribution in [3.05, 3.63) is 0 Å². The summed E-state index contributed by atoms with van der Waals surface area (Å²) in [6, 6.07) is 0.323. The topological polar surface area (TPSA) is 32.3 Å². The molecule has 1 heterocycles. The lowest BCUT2D eigenvalue weighted by Gasteiger charge is -2.43. The third-order valence-corrected chi connectivity index (χ3v) is 2.88. The molecule has 0 radical (unpaired) electrons. The van der Waals surface area contributed by atoms with Crippen LogP contribution in [-0.4, -0.2) is 35.5 Å². The van der Waals surface area contributed by atoms with Gasteiger partial charge in [0.25, 0.3) is 0 Å². The van der Waals surface area contributed by atoms with Crippen LogP contribution < -0.4 is 5.32 Å². The van der Waals surface area contributed by atoms with Gasteiger partial charge in [-0.1, -0.05) is 13.8 Å². The molecule has 3 nitrogen and oxygen atoms in total. The Morgan fingerprint density at radius 3 is 2.67 bits per heavy atom. The van der Waals surface area contributed by atoms with E-state index in [9.17, 15) is 4.79 Å². The van der Waals surface area contributed by atoms with E-state index in [0.717, 1.165) is 13.1 Å². The molecular weight excluding hydrogens is 188 g/mol. The molecule has 0 aliphatic carbocycles. The lowest BCUT2D eigenvalue weighted by molar-refractivity contribution is -0.136. The molecule has 1 aliphatic rings. The van der Waals surface area contributed by atoms with Gasteiger partial charge in [-0.15, -0.1) is 0 Å². The molecule has 1 atom stereocenters. The molecule has 1 saturated heterocycles. The van der Waals surface area contributed by atoms with Crippen molar-refractivity contribution in [2.45, 2.75) is 52.6 Å². The van der Waals surface area contributed by atoms with Gasteiger partial charge in [0.05, 0.1) is 0 Å². The van der Waals surface area contributed by atoms with Crippen molar-refractivity contribution in [2.75, 3.05) is 13.1 Å². The second-order valence-corrected chi connectivity index (χ2v) is 5.73. The van der Waals surface area contributed by atoms with E-state index in [1.165, 1.54) is 0 Å². The SMILES string of the molecule is CC(C)CC(=O)N1CC(C)(C)NCC1C. The average Bonchev–Trinajstić information content (AvgIpc) is 2.08. The standard InChI is InChI=1S/C12H24N2O/c1-9(2)6-11(15)14-8-12(4,5)13-7-10(14)3/h9-10,13H,6-8H2,1-5H3. The summed E-state index contributed by atoms with van der Waals surface area (Å²) >= 11 is 0. The fourth-order valence-electron chi connectivity index (χ4n) is 1.97. The Hall–Kier alpha value is -0.570. The third kappa shape index (κ3) is 3.49. The van der Waals surface area contributed by atoms with Gasteiger partial charge in [-0.3, -0.25) is 4.79 Å². The van der Waals surface area contributed by atoms with Crippen molar-refractivity contribution >= 4 is 5.91 Å². The van der Waals surface area contributed by atoms with Crippen molar-refractivity contribution in [2.24, 2.45) is 5.92 Å². The van der Waals surface area contributed by atoms with Gasteiger partial charge in [-0.05, 0) is 26.7 Å². The van der Waals surface area contributed by atoms with Crippen molar-refractivity contribution in [1.82, 2.24) is 10.2 Å². The predicted octanol–water partition coefficient (Wildman–Crippen LogP) is 1.63.